The third-order valence-electron chi connectivity index (χ3n) is 3.93. The van der Waals surface area contributed by atoms with Gasteiger partial charge in [0.2, 0.25) is 0 Å². The molecule has 1 saturated heterocycles. The predicted octanol–water partition coefficient (Wildman–Crippen LogP) is 3.48. The number of benzene rings is 1. The van der Waals surface area contributed by atoms with Crippen LogP contribution in [-0.2, 0) is 6.54 Å². The number of nitrogens with zero attached hydrogens (tertiary/aromatic N) is 1. The van der Waals surface area contributed by atoms with Crippen LogP contribution in [-0.4, -0.2) is 30.6 Å². The molecule has 1 N–H and O–H groups in total. The number of thiophene rings is 1. The quantitative estimate of drug-likeness (QED) is 0.898. The molecule has 1 aromatic carbocycles. The average Bonchev–Trinajstić information content (AvgIpc) is 3.05. The molecule has 0 bridgehead atoms. The molecule has 3 heteroatoms. The van der Waals surface area contributed by atoms with E-state index in [0.29, 0.717) is 6.04 Å². The van der Waals surface area contributed by atoms with Gasteiger partial charge in [0.05, 0.1) is 0 Å². The van der Waals surface area contributed by atoms with Gasteiger partial charge in [-0.15, -0.1) is 11.3 Å². The van der Waals surface area contributed by atoms with E-state index < -0.39 is 0 Å². The third-order valence-corrected chi connectivity index (χ3v) is 4.95. The molecule has 19 heavy (non-hydrogen) atoms. The Kier molecular flexibility index (Phi) is 4.16. The molecule has 0 radical (unpaired) electrons. The van der Waals surface area contributed by atoms with Crippen molar-refractivity contribution in [1.82, 2.24) is 10.2 Å². The first-order valence-corrected chi connectivity index (χ1v) is 8.12. The minimum atomic E-state index is 0.566. The van der Waals surface area contributed by atoms with Gasteiger partial charge in [0.1, 0.15) is 0 Å². The molecule has 0 spiro atoms. The molecule has 1 unspecified atom stereocenters. The second kappa shape index (κ2) is 6.04. The Bertz CT molecular complexity index is 528. The van der Waals surface area contributed by atoms with Crippen molar-refractivity contribution in [2.45, 2.75) is 32.4 Å². The van der Waals surface area contributed by atoms with E-state index in [1.165, 1.54) is 48.1 Å². The fraction of sp³-hybridized carbons (Fsp3) is 0.500. The summed E-state index contributed by atoms with van der Waals surface area (Å²) in [5, 5.41) is 7.37. The van der Waals surface area contributed by atoms with E-state index in [1.807, 2.05) is 11.3 Å². The van der Waals surface area contributed by atoms with Gasteiger partial charge in [0, 0.05) is 23.8 Å². The second-order valence-corrected chi connectivity index (χ2v) is 6.46. The van der Waals surface area contributed by atoms with Crippen molar-refractivity contribution >= 4 is 21.4 Å². The molecule has 0 saturated carbocycles. The number of hydrogen-bond acceptors (Lipinski definition) is 3. The van der Waals surface area contributed by atoms with Gasteiger partial charge in [-0.3, -0.25) is 0 Å². The van der Waals surface area contributed by atoms with Gasteiger partial charge < -0.3 is 10.2 Å². The average molecular weight is 274 g/mol. The molecule has 1 aliphatic heterocycles. The highest BCUT2D eigenvalue weighted by Crippen LogP contribution is 2.25. The molecule has 1 aromatic heterocycles. The van der Waals surface area contributed by atoms with Crippen LogP contribution in [0.2, 0.25) is 0 Å². The van der Waals surface area contributed by atoms with Crippen LogP contribution in [0.3, 0.4) is 0 Å². The highest BCUT2D eigenvalue weighted by atomic mass is 32.1. The topological polar surface area (TPSA) is 15.3 Å². The van der Waals surface area contributed by atoms with Crippen LogP contribution in [0.15, 0.2) is 29.6 Å². The maximum atomic E-state index is 3.67. The zero-order chi connectivity index (χ0) is 13.1. The van der Waals surface area contributed by atoms with E-state index >= 15 is 0 Å². The van der Waals surface area contributed by atoms with Crippen molar-refractivity contribution in [3.05, 3.63) is 35.2 Å². The Morgan fingerprint density at radius 1 is 1.26 bits per heavy atom. The summed E-state index contributed by atoms with van der Waals surface area (Å²) in [5.74, 6) is 0. The fourth-order valence-electron chi connectivity index (χ4n) is 2.87. The van der Waals surface area contributed by atoms with Crippen LogP contribution in [0, 0.1) is 0 Å². The molecule has 1 atom stereocenters. The lowest BCUT2D eigenvalue weighted by molar-refractivity contribution is 0.298. The van der Waals surface area contributed by atoms with Gasteiger partial charge in [-0.1, -0.05) is 18.2 Å². The van der Waals surface area contributed by atoms with Crippen molar-refractivity contribution in [1.29, 1.82) is 0 Å². The normalized spacial score (nSPS) is 18.2. The van der Waals surface area contributed by atoms with Crippen molar-refractivity contribution in [2.24, 2.45) is 0 Å². The molecule has 1 aliphatic rings. The first-order chi connectivity index (χ1) is 9.33. The van der Waals surface area contributed by atoms with Gasteiger partial charge in [0.15, 0.2) is 0 Å². The van der Waals surface area contributed by atoms with E-state index in [2.05, 4.69) is 46.8 Å². The highest BCUT2D eigenvalue weighted by molar-refractivity contribution is 7.17. The summed E-state index contributed by atoms with van der Waals surface area (Å²) in [7, 11) is 0. The zero-order valence-corrected chi connectivity index (χ0v) is 12.4. The lowest BCUT2D eigenvalue weighted by Gasteiger charge is -2.21. The van der Waals surface area contributed by atoms with E-state index in [9.17, 15) is 0 Å². The molecule has 0 aliphatic carbocycles. The molecule has 2 heterocycles. The van der Waals surface area contributed by atoms with Gasteiger partial charge in [0.25, 0.3) is 0 Å². The van der Waals surface area contributed by atoms with Crippen LogP contribution in [0.5, 0.6) is 0 Å². The standard InChI is InChI=1S/C16H22N2S/c1-13(11-18-8-4-5-9-18)17-10-14-12-19-16-7-3-2-6-15(14)16/h2-3,6-7,12-13,17H,4-5,8-11H2,1H3. The van der Waals surface area contributed by atoms with E-state index in [4.69, 9.17) is 0 Å². The zero-order valence-electron chi connectivity index (χ0n) is 11.6. The van der Waals surface area contributed by atoms with E-state index in [1.54, 1.807) is 0 Å². The van der Waals surface area contributed by atoms with Gasteiger partial charge in [-0.05, 0) is 55.3 Å². The fourth-order valence-corrected chi connectivity index (χ4v) is 3.83. The van der Waals surface area contributed by atoms with Crippen molar-refractivity contribution in [2.75, 3.05) is 19.6 Å². The second-order valence-electron chi connectivity index (χ2n) is 5.55. The van der Waals surface area contributed by atoms with Crippen LogP contribution >= 0.6 is 11.3 Å². The summed E-state index contributed by atoms with van der Waals surface area (Å²) in [6.07, 6.45) is 2.75. The van der Waals surface area contributed by atoms with Gasteiger partial charge in [-0.25, -0.2) is 0 Å². The minimum Gasteiger partial charge on any atom is -0.309 e. The lowest BCUT2D eigenvalue weighted by atomic mass is 10.1. The SMILES string of the molecule is CC(CN1CCCC1)NCc1csc2ccccc12. The van der Waals surface area contributed by atoms with Crippen LogP contribution in [0.1, 0.15) is 25.3 Å². The van der Waals surface area contributed by atoms with Gasteiger partial charge >= 0.3 is 0 Å². The smallest absolute Gasteiger partial charge is 0.0346 e. The molecular weight excluding hydrogens is 252 g/mol. The highest BCUT2D eigenvalue weighted by Gasteiger charge is 2.14. The predicted molar refractivity (Wildman–Crippen MR) is 83.8 cm³/mol. The van der Waals surface area contributed by atoms with Crippen LogP contribution in [0.4, 0.5) is 0 Å². The summed E-state index contributed by atoms with van der Waals surface area (Å²) in [4.78, 5) is 2.57. The number of likely N-dealkylation sites (tertiary alicyclic amines) is 1. The number of nitrogens with one attached hydrogen (secondary N) is 1. The number of fused-ring (bicyclic) bond motifs is 1. The Balaban J connectivity index is 1.56. The molecular formula is C16H22N2S. The Hall–Kier alpha value is -0.900. The van der Waals surface area contributed by atoms with Crippen molar-refractivity contribution < 1.29 is 0 Å². The molecule has 102 valence electrons. The lowest BCUT2D eigenvalue weighted by Crippen LogP contribution is -2.37. The Labute approximate surface area is 119 Å². The molecule has 2 aromatic rings. The summed E-state index contributed by atoms with van der Waals surface area (Å²) in [5.41, 5.74) is 1.44. The largest absolute Gasteiger partial charge is 0.309 e. The Morgan fingerprint density at radius 2 is 2.05 bits per heavy atom. The van der Waals surface area contributed by atoms with Crippen LogP contribution < -0.4 is 5.32 Å². The summed E-state index contributed by atoms with van der Waals surface area (Å²) in [6, 6.07) is 9.25. The molecule has 1 fully saturated rings. The maximum Gasteiger partial charge on any atom is 0.0346 e. The molecule has 2 nitrogen and oxygen atoms in total. The number of hydrogen-bond donors (Lipinski definition) is 1. The monoisotopic (exact) mass is 274 g/mol. The molecule has 3 rings (SSSR count). The van der Waals surface area contributed by atoms with Gasteiger partial charge in [-0.2, -0.15) is 0 Å². The van der Waals surface area contributed by atoms with Crippen molar-refractivity contribution in [3.8, 4) is 0 Å². The minimum absolute atomic E-state index is 0.566. The summed E-state index contributed by atoms with van der Waals surface area (Å²) >= 11 is 1.85. The summed E-state index contributed by atoms with van der Waals surface area (Å²) in [6.45, 7) is 7.04. The maximum absolute atomic E-state index is 3.67. The van der Waals surface area contributed by atoms with E-state index in [-0.39, 0.29) is 0 Å². The summed E-state index contributed by atoms with van der Waals surface area (Å²) < 4.78 is 1.39. The van der Waals surface area contributed by atoms with Crippen LogP contribution in [0.25, 0.3) is 10.1 Å². The first kappa shape index (κ1) is 13.1. The Morgan fingerprint density at radius 3 is 2.89 bits per heavy atom. The number of rotatable bonds is 5. The third kappa shape index (κ3) is 3.16. The van der Waals surface area contributed by atoms with Crippen molar-refractivity contribution in [3.63, 3.8) is 0 Å². The molecule has 0 amide bonds. The van der Waals surface area contributed by atoms with E-state index in [0.717, 1.165) is 6.54 Å². The first-order valence-electron chi connectivity index (χ1n) is 7.24.